The van der Waals surface area contributed by atoms with Crippen LogP contribution in [0.15, 0.2) is 12.1 Å². The number of halogens is 3. The van der Waals surface area contributed by atoms with Gasteiger partial charge < -0.3 is 20.7 Å². The molecule has 12 heteroatoms. The Hall–Kier alpha value is -2.76. The van der Waals surface area contributed by atoms with Gasteiger partial charge in [0.1, 0.15) is 18.5 Å². The number of ether oxygens (including phenoxy) is 1. The average Bonchev–Trinajstić information content (AvgIpc) is 3.12. The molecule has 1 saturated heterocycles. The van der Waals surface area contributed by atoms with E-state index in [1.54, 1.807) is 13.8 Å². The van der Waals surface area contributed by atoms with E-state index < -0.39 is 59.2 Å². The van der Waals surface area contributed by atoms with Gasteiger partial charge in [-0.05, 0) is 31.2 Å². The number of hydrogen-bond acceptors (Lipinski definition) is 5. The molecule has 1 aliphatic heterocycles. The Bertz CT molecular complexity index is 915. The summed E-state index contributed by atoms with van der Waals surface area (Å²) in [5, 5.41) is 6.85. The van der Waals surface area contributed by atoms with Crippen molar-refractivity contribution < 1.29 is 37.1 Å². The highest BCUT2D eigenvalue weighted by Gasteiger charge is 2.32. The van der Waals surface area contributed by atoms with Crippen LogP contribution in [0.5, 0.6) is 0 Å². The molecule has 3 atom stereocenters. The third-order valence-corrected chi connectivity index (χ3v) is 5.37. The van der Waals surface area contributed by atoms with Crippen molar-refractivity contribution in [3.05, 3.63) is 35.1 Å². The van der Waals surface area contributed by atoms with Crippen molar-refractivity contribution in [1.82, 2.24) is 16.0 Å². The standard InChI is InChI=1S/C21H26F3N3O5S/c1-10(2)5-16(19(29)26-17(20(30)33)7-11-3-4-25-18(11)28)27-21(31)32-9-12-6-14(23)15(24)8-13(12)22/h6,8,10-11,16-17H,3-5,7,9H2,1-2H3,(H,25,28)(H,26,29)(H,27,31)(H,30,33)/t11-,16-,17-/m0/s1. The van der Waals surface area contributed by atoms with E-state index in [9.17, 15) is 32.3 Å². The quantitative estimate of drug-likeness (QED) is 0.297. The molecule has 3 N–H and O–H groups in total. The summed E-state index contributed by atoms with van der Waals surface area (Å²) in [6.45, 7) is 3.38. The zero-order valence-corrected chi connectivity index (χ0v) is 19.0. The number of carbonyl (C=O) groups excluding carboxylic acids is 4. The topological polar surface area (TPSA) is 114 Å². The zero-order chi connectivity index (χ0) is 24.7. The highest BCUT2D eigenvalue weighted by molar-refractivity contribution is 7.96. The minimum atomic E-state index is -1.38. The van der Waals surface area contributed by atoms with Crippen molar-refractivity contribution in [2.24, 2.45) is 11.8 Å². The normalized spacial score (nSPS) is 17.3. The first-order valence-corrected chi connectivity index (χ1v) is 10.8. The molecule has 182 valence electrons. The van der Waals surface area contributed by atoms with E-state index in [0.29, 0.717) is 25.1 Å². The maximum absolute atomic E-state index is 13.7. The molecule has 0 spiro atoms. The molecule has 1 aromatic rings. The van der Waals surface area contributed by atoms with Crippen molar-refractivity contribution in [2.45, 2.75) is 51.8 Å². The van der Waals surface area contributed by atoms with E-state index >= 15 is 0 Å². The van der Waals surface area contributed by atoms with Gasteiger partial charge in [0.05, 0.1) is 6.04 Å². The maximum Gasteiger partial charge on any atom is 0.408 e. The van der Waals surface area contributed by atoms with Gasteiger partial charge in [-0.25, -0.2) is 18.0 Å². The summed E-state index contributed by atoms with van der Waals surface area (Å²) in [6.07, 6.45) is -0.331. The molecule has 1 heterocycles. The van der Waals surface area contributed by atoms with Crippen LogP contribution in [0.25, 0.3) is 0 Å². The molecule has 0 saturated carbocycles. The van der Waals surface area contributed by atoms with E-state index in [4.69, 9.17) is 4.74 Å². The largest absolute Gasteiger partial charge is 0.445 e. The molecule has 0 bridgehead atoms. The van der Waals surface area contributed by atoms with Gasteiger partial charge in [-0.2, -0.15) is 0 Å². The Labute approximate surface area is 194 Å². The van der Waals surface area contributed by atoms with Crippen molar-refractivity contribution in [3.63, 3.8) is 0 Å². The molecule has 1 aliphatic rings. The minimum absolute atomic E-state index is 0.0459. The summed E-state index contributed by atoms with van der Waals surface area (Å²) < 4.78 is 44.9. The van der Waals surface area contributed by atoms with Crippen molar-refractivity contribution in [2.75, 3.05) is 6.54 Å². The van der Waals surface area contributed by atoms with Crippen LogP contribution >= 0.6 is 12.6 Å². The van der Waals surface area contributed by atoms with Gasteiger partial charge in [-0.1, -0.05) is 13.8 Å². The molecular formula is C21H26F3N3O5S. The molecular weight excluding hydrogens is 463 g/mol. The van der Waals surface area contributed by atoms with E-state index in [2.05, 4.69) is 28.6 Å². The number of alkyl carbamates (subject to hydrolysis) is 1. The number of nitrogens with one attached hydrogen (secondary N) is 3. The van der Waals surface area contributed by atoms with E-state index in [1.165, 1.54) is 0 Å². The highest BCUT2D eigenvalue weighted by Crippen LogP contribution is 2.18. The number of benzene rings is 1. The summed E-state index contributed by atoms with van der Waals surface area (Å²) in [5.41, 5.74) is -0.385. The second-order valence-corrected chi connectivity index (χ2v) is 8.61. The highest BCUT2D eigenvalue weighted by atomic mass is 32.1. The first kappa shape index (κ1) is 26.5. The summed E-state index contributed by atoms with van der Waals surface area (Å²) in [5.74, 6) is -5.17. The lowest BCUT2D eigenvalue weighted by molar-refractivity contribution is -0.128. The number of hydrogen-bond donors (Lipinski definition) is 4. The van der Waals surface area contributed by atoms with Gasteiger partial charge in [0, 0.05) is 24.1 Å². The fraction of sp³-hybridized carbons (Fsp3) is 0.524. The molecule has 0 aliphatic carbocycles. The number of amides is 3. The Kier molecular flexibility index (Phi) is 9.56. The summed E-state index contributed by atoms with van der Waals surface area (Å²) >= 11 is 3.79. The van der Waals surface area contributed by atoms with E-state index in [-0.39, 0.29) is 30.2 Å². The summed E-state index contributed by atoms with van der Waals surface area (Å²) in [6, 6.07) is -1.25. The van der Waals surface area contributed by atoms with Gasteiger partial charge in [0.15, 0.2) is 11.6 Å². The number of thiol groups is 1. The molecule has 1 aromatic carbocycles. The lowest BCUT2D eigenvalue weighted by atomic mass is 9.98. The second kappa shape index (κ2) is 11.9. The smallest absolute Gasteiger partial charge is 0.408 e. The minimum Gasteiger partial charge on any atom is -0.445 e. The summed E-state index contributed by atoms with van der Waals surface area (Å²) in [7, 11) is 0. The van der Waals surface area contributed by atoms with Crippen LogP contribution in [0.1, 0.15) is 38.7 Å². The SMILES string of the molecule is CC(C)C[C@H](NC(=O)OCc1cc(F)c(F)cc1F)C(=O)N[C@@H](C[C@@H]1CCNC1=O)C(=O)S. The molecule has 3 amide bonds. The predicted octanol–water partition coefficient (Wildman–Crippen LogP) is 2.21. The van der Waals surface area contributed by atoms with Gasteiger partial charge in [-0.15, -0.1) is 12.6 Å². The average molecular weight is 490 g/mol. The Morgan fingerprint density at radius 2 is 1.79 bits per heavy atom. The van der Waals surface area contributed by atoms with Crippen LogP contribution in [0, 0.1) is 29.3 Å². The van der Waals surface area contributed by atoms with Crippen LogP contribution in [-0.2, 0) is 25.7 Å². The molecule has 1 fully saturated rings. The van der Waals surface area contributed by atoms with Crippen LogP contribution in [0.2, 0.25) is 0 Å². The van der Waals surface area contributed by atoms with Crippen LogP contribution in [0.3, 0.4) is 0 Å². The van der Waals surface area contributed by atoms with Crippen LogP contribution in [0.4, 0.5) is 18.0 Å². The molecule has 0 aromatic heterocycles. The van der Waals surface area contributed by atoms with Crippen molar-refractivity contribution in [3.8, 4) is 0 Å². The Balaban J connectivity index is 2.00. The third kappa shape index (κ3) is 7.95. The fourth-order valence-electron chi connectivity index (χ4n) is 3.35. The third-order valence-electron chi connectivity index (χ3n) is 5.06. The first-order valence-electron chi connectivity index (χ1n) is 10.4. The van der Waals surface area contributed by atoms with Gasteiger partial charge in [0.2, 0.25) is 16.9 Å². The van der Waals surface area contributed by atoms with Gasteiger partial charge in [0.25, 0.3) is 0 Å². The molecule has 33 heavy (non-hydrogen) atoms. The van der Waals surface area contributed by atoms with Crippen molar-refractivity contribution >= 4 is 35.7 Å². The number of carbonyl (C=O) groups is 4. The first-order chi connectivity index (χ1) is 15.5. The van der Waals surface area contributed by atoms with E-state index in [1.807, 2.05) is 0 Å². The monoisotopic (exact) mass is 489 g/mol. The maximum atomic E-state index is 13.7. The van der Waals surface area contributed by atoms with Gasteiger partial charge >= 0.3 is 6.09 Å². The molecule has 8 nitrogen and oxygen atoms in total. The Morgan fingerprint density at radius 3 is 2.36 bits per heavy atom. The molecule has 2 rings (SSSR count). The van der Waals surface area contributed by atoms with Crippen LogP contribution < -0.4 is 16.0 Å². The molecule has 0 unspecified atom stereocenters. The fourth-order valence-corrected chi connectivity index (χ4v) is 3.52. The number of rotatable bonds is 10. The Morgan fingerprint density at radius 1 is 1.12 bits per heavy atom. The van der Waals surface area contributed by atoms with Crippen LogP contribution in [-0.4, -0.2) is 41.7 Å². The van der Waals surface area contributed by atoms with Gasteiger partial charge in [-0.3, -0.25) is 14.4 Å². The lowest BCUT2D eigenvalue weighted by Crippen LogP contribution is -2.52. The predicted molar refractivity (Wildman–Crippen MR) is 115 cm³/mol. The molecule has 0 radical (unpaired) electrons. The second-order valence-electron chi connectivity index (χ2n) is 8.17. The lowest BCUT2D eigenvalue weighted by Gasteiger charge is -2.24. The van der Waals surface area contributed by atoms with Crippen molar-refractivity contribution in [1.29, 1.82) is 0 Å². The zero-order valence-electron chi connectivity index (χ0n) is 18.1. The van der Waals surface area contributed by atoms with E-state index in [0.717, 1.165) is 0 Å². The summed E-state index contributed by atoms with van der Waals surface area (Å²) in [4.78, 5) is 48.6.